The normalized spacial score (nSPS) is 11.6. The van der Waals surface area contributed by atoms with Gasteiger partial charge >= 0.3 is 0 Å². The number of nitrogens with zero attached hydrogens (tertiary/aromatic N) is 1. The van der Waals surface area contributed by atoms with E-state index < -0.39 is 0 Å². The average molecular weight is 415 g/mol. The monoisotopic (exact) mass is 414 g/mol. The van der Waals surface area contributed by atoms with E-state index in [-0.39, 0.29) is 11.9 Å². The summed E-state index contributed by atoms with van der Waals surface area (Å²) in [5, 5.41) is 12.6. The van der Waals surface area contributed by atoms with Crippen LogP contribution in [0.2, 0.25) is 9.36 Å². The highest BCUT2D eigenvalue weighted by molar-refractivity contribution is 7.18. The molecule has 3 nitrogen and oxygen atoms in total. The summed E-state index contributed by atoms with van der Waals surface area (Å²) < 4.78 is 0.572. The van der Waals surface area contributed by atoms with Gasteiger partial charge in [0.05, 0.1) is 26.9 Å². The number of hydrogen-bond acceptors (Lipinski definition) is 3. The van der Waals surface area contributed by atoms with Crippen molar-refractivity contribution in [3.05, 3.63) is 91.1 Å². The summed E-state index contributed by atoms with van der Waals surface area (Å²) in [4.78, 5) is 13.4. The molecule has 0 fully saturated rings. The highest BCUT2D eigenvalue weighted by Crippen LogP contribution is 2.29. The van der Waals surface area contributed by atoms with Crippen LogP contribution in [-0.4, -0.2) is 5.91 Å². The summed E-state index contributed by atoms with van der Waals surface area (Å²) in [5.74, 6) is -0.166. The Morgan fingerprint density at radius 1 is 1.19 bits per heavy atom. The third-order valence-corrected chi connectivity index (χ3v) is 5.70. The molecule has 0 saturated heterocycles. The molecular weight excluding hydrogens is 399 g/mol. The largest absolute Gasteiger partial charge is 0.345 e. The Hall–Kier alpha value is -2.32. The predicted molar refractivity (Wildman–Crippen MR) is 111 cm³/mol. The Kier molecular flexibility index (Phi) is 6.18. The quantitative estimate of drug-likeness (QED) is 0.555. The van der Waals surface area contributed by atoms with Crippen molar-refractivity contribution in [2.24, 2.45) is 0 Å². The summed E-state index contributed by atoms with van der Waals surface area (Å²) in [5.41, 5.74) is 3.41. The molecule has 3 rings (SSSR count). The second-order valence-electron chi connectivity index (χ2n) is 6.14. The van der Waals surface area contributed by atoms with E-state index in [0.29, 0.717) is 26.2 Å². The molecule has 0 radical (unpaired) electrons. The maximum Gasteiger partial charge on any atom is 0.262 e. The number of hydrogen-bond donors (Lipinski definition) is 1. The van der Waals surface area contributed by atoms with Crippen LogP contribution < -0.4 is 5.32 Å². The third-order valence-electron chi connectivity index (χ3n) is 4.16. The van der Waals surface area contributed by atoms with Crippen LogP contribution in [0.1, 0.15) is 44.9 Å². The van der Waals surface area contributed by atoms with Gasteiger partial charge in [0.2, 0.25) is 0 Å². The topological polar surface area (TPSA) is 52.9 Å². The van der Waals surface area contributed by atoms with Gasteiger partial charge in [0.25, 0.3) is 5.91 Å². The lowest BCUT2D eigenvalue weighted by Crippen LogP contribution is -2.26. The Morgan fingerprint density at radius 3 is 2.59 bits per heavy atom. The predicted octanol–water partition coefficient (Wildman–Crippen LogP) is 6.01. The van der Waals surface area contributed by atoms with Gasteiger partial charge in [-0.1, -0.05) is 47.5 Å². The second-order valence-corrected chi connectivity index (χ2v) is 8.26. The standard InChI is InChI=1S/C21H16Cl2N2OS/c1-13(16-7-5-14(12-24)6-8-16)25-21(26)20-17(11-19(23)27-20)9-15-3-2-4-18(22)10-15/h2-8,10-11,13H,9H2,1H3,(H,25,26). The highest BCUT2D eigenvalue weighted by Gasteiger charge is 2.18. The summed E-state index contributed by atoms with van der Waals surface area (Å²) in [6, 6.07) is 18.5. The molecule has 1 unspecified atom stereocenters. The first-order chi connectivity index (χ1) is 13.0. The number of nitriles is 1. The fourth-order valence-electron chi connectivity index (χ4n) is 2.78. The van der Waals surface area contributed by atoms with Gasteiger partial charge in [0.1, 0.15) is 0 Å². The fraction of sp³-hybridized carbons (Fsp3) is 0.143. The van der Waals surface area contributed by atoms with Crippen LogP contribution >= 0.6 is 34.5 Å². The zero-order chi connectivity index (χ0) is 19.4. The smallest absolute Gasteiger partial charge is 0.262 e. The number of carbonyl (C=O) groups is 1. The summed E-state index contributed by atoms with van der Waals surface area (Å²) in [7, 11) is 0. The molecule has 1 N–H and O–H groups in total. The van der Waals surface area contributed by atoms with E-state index in [1.54, 1.807) is 12.1 Å². The van der Waals surface area contributed by atoms with Gasteiger partial charge in [-0.05, 0) is 60.4 Å². The minimum atomic E-state index is -0.190. The van der Waals surface area contributed by atoms with E-state index in [2.05, 4.69) is 11.4 Å². The maximum absolute atomic E-state index is 12.8. The lowest BCUT2D eigenvalue weighted by molar-refractivity contribution is 0.0943. The first-order valence-corrected chi connectivity index (χ1v) is 9.87. The molecule has 2 aromatic carbocycles. The number of nitrogens with one attached hydrogen (secondary N) is 1. The molecule has 1 heterocycles. The maximum atomic E-state index is 12.8. The zero-order valence-corrected chi connectivity index (χ0v) is 16.8. The molecule has 27 heavy (non-hydrogen) atoms. The Morgan fingerprint density at radius 2 is 1.93 bits per heavy atom. The van der Waals surface area contributed by atoms with Crippen LogP contribution in [0.3, 0.4) is 0 Å². The number of amides is 1. The van der Waals surface area contributed by atoms with Crippen LogP contribution in [0, 0.1) is 11.3 Å². The molecule has 0 aliphatic carbocycles. The number of rotatable bonds is 5. The van der Waals surface area contributed by atoms with Crippen molar-refractivity contribution in [1.29, 1.82) is 5.26 Å². The van der Waals surface area contributed by atoms with E-state index >= 15 is 0 Å². The van der Waals surface area contributed by atoms with E-state index in [1.807, 2.05) is 49.4 Å². The molecule has 1 amide bonds. The van der Waals surface area contributed by atoms with Crippen LogP contribution in [0.5, 0.6) is 0 Å². The number of halogens is 2. The molecule has 3 aromatic rings. The zero-order valence-electron chi connectivity index (χ0n) is 14.5. The van der Waals surface area contributed by atoms with Crippen LogP contribution in [-0.2, 0) is 6.42 Å². The molecule has 6 heteroatoms. The van der Waals surface area contributed by atoms with Crippen molar-refractivity contribution < 1.29 is 4.79 Å². The third kappa shape index (κ3) is 4.90. The Labute approximate surface area is 172 Å². The van der Waals surface area contributed by atoms with Crippen molar-refractivity contribution in [1.82, 2.24) is 5.32 Å². The van der Waals surface area contributed by atoms with Crippen LogP contribution in [0.25, 0.3) is 0 Å². The van der Waals surface area contributed by atoms with Crippen molar-refractivity contribution in [2.45, 2.75) is 19.4 Å². The van der Waals surface area contributed by atoms with Crippen molar-refractivity contribution >= 4 is 40.4 Å². The molecule has 1 aromatic heterocycles. The van der Waals surface area contributed by atoms with Crippen molar-refractivity contribution in [2.75, 3.05) is 0 Å². The number of benzene rings is 2. The Balaban J connectivity index is 1.77. The summed E-state index contributed by atoms with van der Waals surface area (Å²) in [6.45, 7) is 1.91. The molecule has 0 saturated carbocycles. The van der Waals surface area contributed by atoms with Gasteiger partial charge in [-0.3, -0.25) is 4.79 Å². The van der Waals surface area contributed by atoms with E-state index in [9.17, 15) is 4.79 Å². The first kappa shape index (κ1) is 19.4. The van der Waals surface area contributed by atoms with Gasteiger partial charge < -0.3 is 5.32 Å². The molecule has 0 aliphatic heterocycles. The molecule has 136 valence electrons. The van der Waals surface area contributed by atoms with Crippen LogP contribution in [0.4, 0.5) is 0 Å². The fourth-order valence-corrected chi connectivity index (χ4v) is 4.16. The van der Waals surface area contributed by atoms with Gasteiger partial charge in [-0.2, -0.15) is 5.26 Å². The summed E-state index contributed by atoms with van der Waals surface area (Å²) in [6.07, 6.45) is 0.581. The first-order valence-electron chi connectivity index (χ1n) is 8.30. The van der Waals surface area contributed by atoms with Crippen molar-refractivity contribution in [3.8, 4) is 6.07 Å². The minimum absolute atomic E-state index is 0.166. The molecule has 0 aliphatic rings. The second kappa shape index (κ2) is 8.58. The lowest BCUT2D eigenvalue weighted by atomic mass is 10.0. The van der Waals surface area contributed by atoms with Gasteiger partial charge in [-0.25, -0.2) is 0 Å². The molecule has 0 spiro atoms. The Bertz CT molecular complexity index is 1010. The van der Waals surface area contributed by atoms with Crippen molar-refractivity contribution in [3.63, 3.8) is 0 Å². The summed E-state index contributed by atoms with van der Waals surface area (Å²) >= 11 is 13.5. The number of thiophene rings is 1. The van der Waals surface area contributed by atoms with E-state index in [1.165, 1.54) is 11.3 Å². The molecule has 0 bridgehead atoms. The van der Waals surface area contributed by atoms with Crippen LogP contribution in [0.15, 0.2) is 54.6 Å². The molecular formula is C21H16Cl2N2OS. The SMILES string of the molecule is CC(NC(=O)c1sc(Cl)cc1Cc1cccc(Cl)c1)c1ccc(C#N)cc1. The van der Waals surface area contributed by atoms with Gasteiger partial charge in [0, 0.05) is 5.02 Å². The minimum Gasteiger partial charge on any atom is -0.345 e. The van der Waals surface area contributed by atoms with Gasteiger partial charge in [-0.15, -0.1) is 11.3 Å². The number of carbonyl (C=O) groups excluding carboxylic acids is 1. The van der Waals surface area contributed by atoms with Gasteiger partial charge in [0.15, 0.2) is 0 Å². The molecule has 1 atom stereocenters. The highest BCUT2D eigenvalue weighted by atomic mass is 35.5. The van der Waals surface area contributed by atoms with E-state index in [4.69, 9.17) is 28.5 Å². The lowest BCUT2D eigenvalue weighted by Gasteiger charge is -2.14. The van der Waals surface area contributed by atoms with E-state index in [0.717, 1.165) is 16.7 Å². The average Bonchev–Trinajstić information content (AvgIpc) is 3.02.